The van der Waals surface area contributed by atoms with Crippen molar-refractivity contribution in [1.82, 2.24) is 19.4 Å². The van der Waals surface area contributed by atoms with Gasteiger partial charge >= 0.3 is 0 Å². The molecule has 2 aliphatic rings. The summed E-state index contributed by atoms with van der Waals surface area (Å²) >= 11 is 2.28. The van der Waals surface area contributed by atoms with Crippen LogP contribution in [0.4, 0.5) is 5.95 Å². The predicted octanol–water partition coefficient (Wildman–Crippen LogP) is 2.57. The van der Waals surface area contributed by atoms with E-state index in [1.807, 2.05) is 30.9 Å². The molecule has 25 heavy (non-hydrogen) atoms. The van der Waals surface area contributed by atoms with Crippen LogP contribution < -0.4 is 10.6 Å². The van der Waals surface area contributed by atoms with Crippen molar-refractivity contribution in [3.8, 4) is 0 Å². The fourth-order valence-corrected chi connectivity index (χ4v) is 4.94. The average Bonchev–Trinajstić information content (AvgIpc) is 3.22. The van der Waals surface area contributed by atoms with Crippen molar-refractivity contribution in [2.45, 2.75) is 25.3 Å². The van der Waals surface area contributed by atoms with Gasteiger partial charge in [-0.3, -0.25) is 9.38 Å². The number of nitrogens with two attached hydrogens (primary N) is 1. The first-order valence-electron chi connectivity index (χ1n) is 8.60. The van der Waals surface area contributed by atoms with Crippen molar-refractivity contribution >= 4 is 34.2 Å². The minimum atomic E-state index is 0.0938. The van der Waals surface area contributed by atoms with Crippen molar-refractivity contribution in [2.75, 3.05) is 18.0 Å². The minimum Gasteiger partial charge on any atom is -0.342 e. The molecule has 0 bridgehead atoms. The predicted molar refractivity (Wildman–Crippen MR) is 104 cm³/mol. The number of piperidine rings is 1. The lowest BCUT2D eigenvalue weighted by molar-refractivity contribution is 0.186. The third kappa shape index (κ3) is 2.28. The number of fused-ring (bicyclic) bond motifs is 2. The first kappa shape index (κ1) is 15.5. The summed E-state index contributed by atoms with van der Waals surface area (Å²) in [6.07, 6.45) is 10.7. The van der Waals surface area contributed by atoms with Crippen LogP contribution in [0.2, 0.25) is 0 Å². The van der Waals surface area contributed by atoms with Crippen LogP contribution >= 0.6 is 22.6 Å². The fourth-order valence-electron chi connectivity index (χ4n) is 4.40. The third-order valence-corrected chi connectivity index (χ3v) is 6.61. The van der Waals surface area contributed by atoms with E-state index in [0.29, 0.717) is 0 Å². The van der Waals surface area contributed by atoms with Crippen LogP contribution in [0.1, 0.15) is 30.1 Å². The summed E-state index contributed by atoms with van der Waals surface area (Å²) in [5.74, 6) is 0.977. The maximum absolute atomic E-state index is 6.64. The molecule has 1 saturated heterocycles. The van der Waals surface area contributed by atoms with Crippen molar-refractivity contribution < 1.29 is 0 Å². The van der Waals surface area contributed by atoms with Gasteiger partial charge in [0.15, 0.2) is 5.65 Å². The normalized spacial score (nSPS) is 21.8. The van der Waals surface area contributed by atoms with Gasteiger partial charge < -0.3 is 10.6 Å². The van der Waals surface area contributed by atoms with Crippen molar-refractivity contribution in [3.05, 3.63) is 51.7 Å². The Hall–Kier alpha value is -1.74. The number of hydrogen-bond donors (Lipinski definition) is 1. The summed E-state index contributed by atoms with van der Waals surface area (Å²) in [6.45, 7) is 1.92. The van der Waals surface area contributed by atoms with Crippen molar-refractivity contribution in [3.63, 3.8) is 0 Å². The number of rotatable bonds is 1. The molecule has 1 fully saturated rings. The summed E-state index contributed by atoms with van der Waals surface area (Å²) in [5, 5.41) is 0. The molecule has 3 aromatic heterocycles. The molecule has 6 nitrogen and oxygen atoms in total. The van der Waals surface area contributed by atoms with Crippen LogP contribution in [0.25, 0.3) is 5.65 Å². The van der Waals surface area contributed by atoms with Gasteiger partial charge in [0, 0.05) is 49.6 Å². The summed E-state index contributed by atoms with van der Waals surface area (Å²) in [6, 6.07) is 4.23. The van der Waals surface area contributed by atoms with Gasteiger partial charge in [-0.1, -0.05) is 6.07 Å². The molecule has 1 aliphatic carbocycles. The molecule has 3 aromatic rings. The monoisotopic (exact) mass is 446 g/mol. The highest BCUT2D eigenvalue weighted by molar-refractivity contribution is 14.1. The lowest BCUT2D eigenvalue weighted by Crippen LogP contribution is -2.45. The summed E-state index contributed by atoms with van der Waals surface area (Å²) in [7, 11) is 0. The molecule has 7 heteroatoms. The molecular weight excluding hydrogens is 427 g/mol. The van der Waals surface area contributed by atoms with E-state index in [1.165, 1.54) is 11.3 Å². The van der Waals surface area contributed by atoms with E-state index in [-0.39, 0.29) is 11.5 Å². The van der Waals surface area contributed by atoms with Crippen molar-refractivity contribution in [1.29, 1.82) is 0 Å². The first-order chi connectivity index (χ1) is 12.2. The highest BCUT2D eigenvalue weighted by Crippen LogP contribution is 2.50. The van der Waals surface area contributed by atoms with Gasteiger partial charge in [-0.05, 0) is 58.9 Å². The second kappa shape index (κ2) is 5.63. The van der Waals surface area contributed by atoms with Crippen molar-refractivity contribution in [2.24, 2.45) is 11.1 Å². The van der Waals surface area contributed by atoms with E-state index in [0.717, 1.165) is 47.5 Å². The number of pyridine rings is 1. The summed E-state index contributed by atoms with van der Waals surface area (Å²) < 4.78 is 3.16. The van der Waals surface area contributed by atoms with Crippen LogP contribution in [0.5, 0.6) is 0 Å². The Labute approximate surface area is 159 Å². The Morgan fingerprint density at radius 1 is 1.16 bits per heavy atom. The number of imidazole rings is 1. The quantitative estimate of drug-likeness (QED) is 0.582. The SMILES string of the molecule is N[C@@H]1c2cccnc2CC12CCN(c1ncc(I)c3nccn13)CC2. The zero-order valence-corrected chi connectivity index (χ0v) is 15.9. The average molecular weight is 446 g/mol. The lowest BCUT2D eigenvalue weighted by Gasteiger charge is -2.42. The van der Waals surface area contributed by atoms with Crippen LogP contribution in [0.3, 0.4) is 0 Å². The van der Waals surface area contributed by atoms with Crippen LogP contribution in [-0.2, 0) is 6.42 Å². The second-order valence-electron chi connectivity index (χ2n) is 7.07. The van der Waals surface area contributed by atoms with E-state index < -0.39 is 0 Å². The Bertz CT molecular complexity index is 944. The maximum Gasteiger partial charge on any atom is 0.211 e. The Morgan fingerprint density at radius 3 is 2.80 bits per heavy atom. The Kier molecular flexibility index (Phi) is 3.50. The van der Waals surface area contributed by atoms with E-state index in [2.05, 4.69) is 52.9 Å². The summed E-state index contributed by atoms with van der Waals surface area (Å²) in [5.41, 5.74) is 10.2. The highest BCUT2D eigenvalue weighted by Gasteiger charge is 2.46. The van der Waals surface area contributed by atoms with Crippen LogP contribution in [0, 0.1) is 8.99 Å². The highest BCUT2D eigenvalue weighted by atomic mass is 127. The molecule has 0 unspecified atom stereocenters. The first-order valence-corrected chi connectivity index (χ1v) is 9.68. The second-order valence-corrected chi connectivity index (χ2v) is 8.23. The molecule has 1 aliphatic heterocycles. The molecule has 0 saturated carbocycles. The van der Waals surface area contributed by atoms with Gasteiger partial charge in [-0.15, -0.1) is 0 Å². The summed E-state index contributed by atoms with van der Waals surface area (Å²) in [4.78, 5) is 16.0. The zero-order chi connectivity index (χ0) is 17.0. The number of nitrogens with zero attached hydrogens (tertiary/aromatic N) is 5. The van der Waals surface area contributed by atoms with E-state index >= 15 is 0 Å². The molecule has 0 amide bonds. The molecule has 1 spiro atoms. The van der Waals surface area contributed by atoms with Crippen LogP contribution in [-0.4, -0.2) is 32.4 Å². The molecular formula is C18H19IN6. The smallest absolute Gasteiger partial charge is 0.211 e. The zero-order valence-electron chi connectivity index (χ0n) is 13.8. The van der Waals surface area contributed by atoms with Gasteiger partial charge in [-0.2, -0.15) is 0 Å². The largest absolute Gasteiger partial charge is 0.342 e. The molecule has 1 atom stereocenters. The molecule has 2 N–H and O–H groups in total. The van der Waals surface area contributed by atoms with Crippen LogP contribution in [0.15, 0.2) is 36.9 Å². The van der Waals surface area contributed by atoms with Gasteiger partial charge in [0.25, 0.3) is 0 Å². The number of anilines is 1. The molecule has 0 aromatic carbocycles. The number of hydrogen-bond acceptors (Lipinski definition) is 5. The van der Waals surface area contributed by atoms with E-state index in [4.69, 9.17) is 5.73 Å². The van der Waals surface area contributed by atoms with E-state index in [1.54, 1.807) is 0 Å². The third-order valence-electron chi connectivity index (χ3n) is 5.85. The topological polar surface area (TPSA) is 72.3 Å². The Balaban J connectivity index is 1.42. The van der Waals surface area contributed by atoms with Gasteiger partial charge in [0.1, 0.15) is 0 Å². The lowest BCUT2D eigenvalue weighted by atomic mass is 9.73. The standard InChI is InChI=1S/C18H19IN6/c19-13-11-23-17(25-9-6-22-16(13)25)24-7-3-18(4-8-24)10-14-12(15(18)20)2-1-5-21-14/h1-2,5-6,9,11,15H,3-4,7-8,10,20H2/t15-/m1/s1. The van der Waals surface area contributed by atoms with Gasteiger partial charge in [0.05, 0.1) is 3.57 Å². The molecule has 4 heterocycles. The fraction of sp³-hybridized carbons (Fsp3) is 0.389. The van der Waals surface area contributed by atoms with Gasteiger partial charge in [-0.25, -0.2) is 9.97 Å². The minimum absolute atomic E-state index is 0.0938. The molecule has 0 radical (unpaired) electrons. The molecule has 128 valence electrons. The van der Waals surface area contributed by atoms with E-state index in [9.17, 15) is 0 Å². The number of halogens is 1. The Morgan fingerprint density at radius 2 is 2.00 bits per heavy atom. The van der Waals surface area contributed by atoms with Gasteiger partial charge in [0.2, 0.25) is 5.95 Å². The maximum atomic E-state index is 6.64. The number of aromatic nitrogens is 4. The molecule has 5 rings (SSSR count).